The molecule has 0 amide bonds. The van der Waals surface area contributed by atoms with Crippen LogP contribution in [0.4, 0.5) is 0 Å². The van der Waals surface area contributed by atoms with E-state index in [9.17, 15) is 0 Å². The molecule has 0 unspecified atom stereocenters. The molecule has 0 aromatic heterocycles. The van der Waals surface area contributed by atoms with Gasteiger partial charge in [0.2, 0.25) is 0 Å². The highest BCUT2D eigenvalue weighted by molar-refractivity contribution is 14.1. The summed E-state index contributed by atoms with van der Waals surface area (Å²) in [6, 6.07) is 16.9. The highest BCUT2D eigenvalue weighted by Crippen LogP contribution is 2.27. The van der Waals surface area contributed by atoms with Crippen LogP contribution < -0.4 is 9.47 Å². The summed E-state index contributed by atoms with van der Waals surface area (Å²) >= 11 is 2.50. The molecule has 2 rings (SSSR count). The predicted octanol–water partition coefficient (Wildman–Crippen LogP) is 3.35. The Morgan fingerprint density at radius 1 is 0.850 bits per heavy atom. The molecule has 0 aliphatic heterocycles. The van der Waals surface area contributed by atoms with Gasteiger partial charge >= 0.3 is 0 Å². The van der Waals surface area contributed by atoms with Gasteiger partial charge in [0.25, 0.3) is 0 Å². The van der Waals surface area contributed by atoms with Crippen molar-refractivity contribution in [2.45, 2.75) is 5.54 Å². The summed E-state index contributed by atoms with van der Waals surface area (Å²) in [7, 11) is 3.21. The summed E-state index contributed by atoms with van der Waals surface area (Å²) < 4.78 is 11.7. The second-order valence-corrected chi connectivity index (χ2v) is 9.58. The molecule has 20 heavy (non-hydrogen) atoms. The molecule has 0 bridgehead atoms. The van der Waals surface area contributed by atoms with Crippen molar-refractivity contribution in [3.05, 3.63) is 59.7 Å². The second kappa shape index (κ2) is 7.69. The fourth-order valence-electron chi connectivity index (χ4n) is 2.31. The van der Waals surface area contributed by atoms with Crippen molar-refractivity contribution >= 4 is 32.1 Å². The SMILES string of the molecule is COc1ccc(C([SiH2]CI)c2ccc(OC)cc2)cc1. The van der Waals surface area contributed by atoms with Crippen LogP contribution in [-0.4, -0.2) is 27.8 Å². The van der Waals surface area contributed by atoms with Gasteiger partial charge in [0.15, 0.2) is 0 Å². The molecular weight excluding hydrogens is 379 g/mol. The maximum Gasteiger partial charge on any atom is 0.118 e. The van der Waals surface area contributed by atoms with Crippen LogP contribution in [0, 0.1) is 0 Å². The summed E-state index contributed by atoms with van der Waals surface area (Å²) in [6.45, 7) is 0. The highest BCUT2D eigenvalue weighted by atomic mass is 127. The van der Waals surface area contributed by atoms with Gasteiger partial charge in [-0.3, -0.25) is 0 Å². The molecule has 2 nitrogen and oxygen atoms in total. The maximum atomic E-state index is 5.24. The summed E-state index contributed by atoms with van der Waals surface area (Å²) in [6.07, 6.45) is 0. The van der Waals surface area contributed by atoms with E-state index in [-0.39, 0.29) is 9.52 Å². The van der Waals surface area contributed by atoms with Crippen LogP contribution in [0.1, 0.15) is 16.7 Å². The number of halogens is 1. The molecule has 4 heteroatoms. The monoisotopic (exact) mass is 398 g/mol. The molecule has 2 aromatic rings. The Balaban J connectivity index is 2.28. The predicted molar refractivity (Wildman–Crippen MR) is 95.3 cm³/mol. The van der Waals surface area contributed by atoms with E-state index in [1.165, 1.54) is 15.2 Å². The Kier molecular flexibility index (Phi) is 5.91. The summed E-state index contributed by atoms with van der Waals surface area (Å²) in [4.78, 5) is 0. The Hall–Kier alpha value is -1.01. The molecule has 0 spiro atoms. The lowest BCUT2D eigenvalue weighted by molar-refractivity contribution is 0.414. The van der Waals surface area contributed by atoms with Gasteiger partial charge in [-0.2, -0.15) is 0 Å². The van der Waals surface area contributed by atoms with Crippen LogP contribution in [0.3, 0.4) is 0 Å². The molecule has 106 valence electrons. The molecule has 0 N–H and O–H groups in total. The quantitative estimate of drug-likeness (QED) is 0.422. The zero-order valence-electron chi connectivity index (χ0n) is 11.8. The van der Waals surface area contributed by atoms with Gasteiger partial charge in [-0.05, 0) is 45.0 Å². The molecule has 2 aromatic carbocycles. The first-order valence-corrected chi connectivity index (χ1v) is 9.96. The maximum absolute atomic E-state index is 5.24. The number of rotatable bonds is 6. The van der Waals surface area contributed by atoms with E-state index in [0.717, 1.165) is 11.5 Å². The van der Waals surface area contributed by atoms with Crippen molar-refractivity contribution in [1.82, 2.24) is 0 Å². The summed E-state index contributed by atoms with van der Waals surface area (Å²) in [5.74, 6) is 1.83. The minimum atomic E-state index is -0.193. The van der Waals surface area contributed by atoms with Crippen LogP contribution in [0.15, 0.2) is 48.5 Å². The molecule has 0 saturated carbocycles. The van der Waals surface area contributed by atoms with Gasteiger partial charge in [0.1, 0.15) is 11.5 Å². The van der Waals surface area contributed by atoms with Gasteiger partial charge < -0.3 is 9.47 Å². The third-order valence-electron chi connectivity index (χ3n) is 3.43. The number of benzene rings is 2. The first-order valence-electron chi connectivity index (χ1n) is 6.62. The van der Waals surface area contributed by atoms with Crippen molar-refractivity contribution in [3.8, 4) is 11.5 Å². The Labute approximate surface area is 136 Å². The van der Waals surface area contributed by atoms with E-state index in [0.29, 0.717) is 5.54 Å². The van der Waals surface area contributed by atoms with E-state index < -0.39 is 0 Å². The second-order valence-electron chi connectivity index (χ2n) is 4.58. The fraction of sp³-hybridized carbons (Fsp3) is 0.250. The van der Waals surface area contributed by atoms with Gasteiger partial charge in [-0.1, -0.05) is 46.9 Å². The number of alkyl halides is 1. The zero-order valence-corrected chi connectivity index (χ0v) is 15.4. The Morgan fingerprint density at radius 2 is 1.25 bits per heavy atom. The lowest BCUT2D eigenvalue weighted by Gasteiger charge is -2.17. The van der Waals surface area contributed by atoms with Crippen LogP contribution >= 0.6 is 22.6 Å². The lowest BCUT2D eigenvalue weighted by atomic mass is 10.0. The average Bonchev–Trinajstić information content (AvgIpc) is 2.53. The van der Waals surface area contributed by atoms with Gasteiger partial charge in [-0.25, -0.2) is 0 Å². The number of ether oxygens (including phenoxy) is 2. The minimum absolute atomic E-state index is 0.193. The normalized spacial score (nSPS) is 11.2. The van der Waals surface area contributed by atoms with E-state index in [1.807, 2.05) is 24.3 Å². The van der Waals surface area contributed by atoms with E-state index >= 15 is 0 Å². The van der Waals surface area contributed by atoms with E-state index in [4.69, 9.17) is 9.47 Å². The number of hydrogen-bond donors (Lipinski definition) is 0. The summed E-state index contributed by atoms with van der Waals surface area (Å²) in [5, 5.41) is 0. The van der Waals surface area contributed by atoms with Crippen molar-refractivity contribution in [2.75, 3.05) is 18.3 Å². The molecule has 0 aliphatic rings. The van der Waals surface area contributed by atoms with Gasteiger partial charge in [0, 0.05) is 9.52 Å². The standard InChI is InChI=1S/C16H19IO2Si/c1-18-14-7-3-12(4-8-14)16(20-11-17)13-5-9-15(19-2)10-6-13/h3-10,16H,11,20H2,1-2H3. The van der Waals surface area contributed by atoms with Crippen molar-refractivity contribution in [1.29, 1.82) is 0 Å². The Bertz CT molecular complexity index is 478. The zero-order chi connectivity index (χ0) is 14.4. The number of hydrogen-bond acceptors (Lipinski definition) is 2. The molecular formula is C16H19IO2Si. The van der Waals surface area contributed by atoms with E-state index in [1.54, 1.807) is 14.2 Å². The fourth-order valence-corrected chi connectivity index (χ4v) is 5.60. The van der Waals surface area contributed by atoms with Crippen molar-refractivity contribution < 1.29 is 9.47 Å². The third kappa shape index (κ3) is 3.76. The first kappa shape index (κ1) is 15.4. The molecule has 0 fully saturated rings. The van der Waals surface area contributed by atoms with Crippen LogP contribution in [0.5, 0.6) is 11.5 Å². The molecule has 0 aliphatic carbocycles. The van der Waals surface area contributed by atoms with Crippen molar-refractivity contribution in [3.63, 3.8) is 0 Å². The lowest BCUT2D eigenvalue weighted by Crippen LogP contribution is -2.11. The van der Waals surface area contributed by atoms with Crippen molar-refractivity contribution in [2.24, 2.45) is 0 Å². The average molecular weight is 398 g/mol. The molecule has 0 heterocycles. The third-order valence-corrected chi connectivity index (χ3v) is 7.04. The Morgan fingerprint density at radius 3 is 1.55 bits per heavy atom. The van der Waals surface area contributed by atoms with Crippen LogP contribution in [0.2, 0.25) is 0 Å². The molecule has 0 atom stereocenters. The number of methoxy groups -OCH3 is 2. The topological polar surface area (TPSA) is 18.5 Å². The minimum Gasteiger partial charge on any atom is -0.497 e. The first-order chi connectivity index (χ1) is 9.78. The van der Waals surface area contributed by atoms with Gasteiger partial charge in [0.05, 0.1) is 14.2 Å². The van der Waals surface area contributed by atoms with Gasteiger partial charge in [-0.15, -0.1) is 0 Å². The van der Waals surface area contributed by atoms with Crippen LogP contribution in [0.25, 0.3) is 0 Å². The smallest absolute Gasteiger partial charge is 0.118 e. The van der Waals surface area contributed by atoms with Crippen LogP contribution in [-0.2, 0) is 0 Å². The highest BCUT2D eigenvalue weighted by Gasteiger charge is 2.14. The summed E-state index contributed by atoms with van der Waals surface area (Å²) in [5.41, 5.74) is 3.34. The molecule has 0 saturated heterocycles. The van der Waals surface area contributed by atoms with E-state index in [2.05, 4.69) is 46.9 Å². The molecule has 0 radical (unpaired) electrons. The largest absolute Gasteiger partial charge is 0.497 e.